The van der Waals surface area contributed by atoms with Crippen molar-refractivity contribution in [3.63, 3.8) is 0 Å². The zero-order valence-corrected chi connectivity index (χ0v) is 87.0. The number of benzene rings is 8. The highest BCUT2D eigenvalue weighted by Gasteiger charge is 2.21. The molecule has 1 aliphatic carbocycles. The molecule has 0 amide bonds. The number of ether oxygens (including phenoxy) is 1. The average Bonchev–Trinajstić information content (AvgIpc) is 1.32. The van der Waals surface area contributed by atoms with Crippen LogP contribution in [0.4, 0.5) is 45.5 Å². The van der Waals surface area contributed by atoms with Crippen molar-refractivity contribution in [2.45, 2.75) is 58.3 Å². The molecule has 754 valence electrons. The molecule has 8 N–H and O–H groups in total. The van der Waals surface area contributed by atoms with Crippen molar-refractivity contribution < 1.29 is 4.74 Å². The maximum absolute atomic E-state index is 12.0. The van der Waals surface area contributed by atoms with Crippen molar-refractivity contribution >= 4 is 159 Å². The molecule has 143 heavy (non-hydrogen) atoms. The molecule has 31 heteroatoms. The summed E-state index contributed by atoms with van der Waals surface area (Å²) in [6.07, 6.45) is 24.9. The van der Waals surface area contributed by atoms with Crippen LogP contribution in [0.15, 0.2) is 274 Å². The summed E-state index contributed by atoms with van der Waals surface area (Å²) in [6, 6.07) is 58.6. The summed E-state index contributed by atoms with van der Waals surface area (Å²) in [5.74, 6) is 0.856. The highest BCUT2D eigenvalue weighted by atomic mass is 79.9. The van der Waals surface area contributed by atoms with Crippen LogP contribution in [0.3, 0.4) is 0 Å². The predicted octanol–water partition coefficient (Wildman–Crippen LogP) is 16.6. The maximum atomic E-state index is 12.0. The molecular formula is C112H138BrClN20O9. The molecule has 20 rings (SSSR count). The molecule has 3 saturated heterocycles. The monoisotopic (exact) mass is 2020 g/mol. The van der Waals surface area contributed by atoms with Gasteiger partial charge in [-0.3, -0.25) is 43.3 Å². The second kappa shape index (κ2) is 51.9. The predicted molar refractivity (Wildman–Crippen MR) is 601 cm³/mol. The van der Waals surface area contributed by atoms with Gasteiger partial charge in [-0.05, 0) is 332 Å². The third-order valence-corrected chi connectivity index (χ3v) is 27.1. The van der Waals surface area contributed by atoms with Crippen molar-refractivity contribution in [2.24, 2.45) is 62.3 Å². The van der Waals surface area contributed by atoms with Gasteiger partial charge in [-0.2, -0.15) is 0 Å². The lowest BCUT2D eigenvalue weighted by Gasteiger charge is -2.26. The van der Waals surface area contributed by atoms with Crippen LogP contribution in [0.5, 0.6) is 0 Å². The molecule has 16 aromatic rings. The van der Waals surface area contributed by atoms with Crippen LogP contribution in [0.2, 0.25) is 5.02 Å². The van der Waals surface area contributed by atoms with Crippen LogP contribution in [-0.4, -0.2) is 202 Å². The first-order valence-corrected chi connectivity index (χ1v) is 50.5. The summed E-state index contributed by atoms with van der Waals surface area (Å²) in [6.45, 7) is 20.6. The topological polar surface area (TPSA) is 294 Å². The summed E-state index contributed by atoms with van der Waals surface area (Å²) in [5, 5.41) is 40.8. The van der Waals surface area contributed by atoms with Crippen molar-refractivity contribution in [1.82, 2.24) is 56.1 Å². The molecule has 0 radical (unpaired) electrons. The Labute approximate surface area is 847 Å². The fraction of sp³-hybridized carbons (Fsp3) is 0.357. The molecule has 0 unspecified atom stereocenters. The number of fused-ring (bicyclic) bond motifs is 8. The smallest absolute Gasteiger partial charge is 0.258 e. The van der Waals surface area contributed by atoms with E-state index >= 15 is 0 Å². The molecule has 0 atom stereocenters. The number of morpholine rings is 1. The number of nitrogens with one attached hydrogen (secondary N) is 8. The number of nitrogens with zero attached hydrogens (tertiary/aromatic N) is 12. The van der Waals surface area contributed by atoms with Crippen LogP contribution in [0, 0.1) is 5.92 Å². The fourth-order valence-corrected chi connectivity index (χ4v) is 18.0. The number of pyridine rings is 8. The lowest BCUT2D eigenvalue weighted by molar-refractivity contribution is 0.0398. The Kier molecular flexibility index (Phi) is 38.7. The second-order valence-electron chi connectivity index (χ2n) is 37.2. The minimum atomic E-state index is -0.0305. The van der Waals surface area contributed by atoms with Crippen molar-refractivity contribution in [2.75, 3.05) is 189 Å². The van der Waals surface area contributed by atoms with Gasteiger partial charge in [0.2, 0.25) is 0 Å². The van der Waals surface area contributed by atoms with Crippen LogP contribution in [-0.2, 0) is 61.1 Å². The number of piperidine rings is 1. The Morgan fingerprint density at radius 3 is 0.888 bits per heavy atom. The largest absolute Gasteiger partial charge is 0.387 e. The van der Waals surface area contributed by atoms with E-state index in [1.807, 2.05) is 204 Å². The van der Waals surface area contributed by atoms with Crippen molar-refractivity contribution in [1.29, 1.82) is 0 Å². The van der Waals surface area contributed by atoms with E-state index in [0.717, 1.165) is 235 Å². The summed E-state index contributed by atoms with van der Waals surface area (Å²) >= 11 is 9.44. The Morgan fingerprint density at radius 1 is 0.322 bits per heavy atom. The number of aromatic nitrogens is 8. The number of hydrogen-bond acceptors (Lipinski definition) is 21. The van der Waals surface area contributed by atoms with E-state index in [9.17, 15) is 38.4 Å². The van der Waals surface area contributed by atoms with E-state index in [1.54, 1.807) is 126 Å². The summed E-state index contributed by atoms with van der Waals surface area (Å²) in [4.78, 5) is 105. The normalized spacial score (nSPS) is 13.6. The third kappa shape index (κ3) is 29.6. The van der Waals surface area contributed by atoms with Crippen LogP contribution < -0.4 is 87.0 Å². The SMILES string of the molecule is CCCNc1ccc2c(=O)n(C)ccc2c1.CN(C)CCNc1ccc2c(=O)n(C)ccc2c1.CNc1cc2ccn(C)c(=O)c2cc1Br.CNc1cc2ccn(C)c(=O)c2cc1Cl.Cn1ccc2cc(NCC3CC3)ccc2c1=O.Cn1ccc2cc(NCCN3CCCC3)ccc2c1=O.Cn1ccc2cc(NCCN3CCCCC3)ccc2c1=O.Cn1ccc2cc(NCCN3CCOCC3)ccc2c1=O. The van der Waals surface area contributed by atoms with Gasteiger partial charge < -0.3 is 98.5 Å². The van der Waals surface area contributed by atoms with E-state index in [2.05, 4.69) is 103 Å². The first-order valence-electron chi connectivity index (χ1n) is 49.3. The number of aryl methyl sites for hydroxylation is 8. The molecule has 8 aromatic heterocycles. The van der Waals surface area contributed by atoms with Crippen LogP contribution >= 0.6 is 27.5 Å². The summed E-state index contributed by atoms with van der Waals surface area (Å²) < 4.78 is 19.0. The molecule has 3 aliphatic heterocycles. The van der Waals surface area contributed by atoms with Gasteiger partial charge in [0.15, 0.2) is 0 Å². The summed E-state index contributed by atoms with van der Waals surface area (Å²) in [7, 11) is 21.9. The van der Waals surface area contributed by atoms with Gasteiger partial charge in [-0.15, -0.1) is 0 Å². The van der Waals surface area contributed by atoms with Gasteiger partial charge in [-0.1, -0.05) is 24.9 Å². The molecule has 1 saturated carbocycles. The fourth-order valence-electron chi connectivity index (χ4n) is 17.2. The van der Waals surface area contributed by atoms with E-state index in [1.165, 1.54) is 75.7 Å². The van der Waals surface area contributed by atoms with Gasteiger partial charge in [0, 0.05) is 286 Å². The third-order valence-electron chi connectivity index (χ3n) is 26.1. The molecule has 11 heterocycles. The number of halogens is 2. The quantitative estimate of drug-likeness (QED) is 0.0279. The lowest BCUT2D eigenvalue weighted by atomic mass is 10.1. The van der Waals surface area contributed by atoms with Crippen LogP contribution in [0.1, 0.15) is 58.3 Å². The first kappa shape index (κ1) is 107. The molecule has 4 aliphatic rings. The molecular weight excluding hydrogens is 1880 g/mol. The zero-order chi connectivity index (χ0) is 102. The van der Waals surface area contributed by atoms with E-state index in [-0.39, 0.29) is 44.5 Å². The zero-order valence-electron chi connectivity index (χ0n) is 84.7. The Balaban J connectivity index is 0.000000138. The van der Waals surface area contributed by atoms with E-state index in [4.69, 9.17) is 16.3 Å². The first-order chi connectivity index (χ1) is 69.0. The number of rotatable bonds is 24. The minimum Gasteiger partial charge on any atom is -0.387 e. The van der Waals surface area contributed by atoms with Crippen molar-refractivity contribution in [3.8, 4) is 0 Å². The second-order valence-corrected chi connectivity index (χ2v) is 38.4. The van der Waals surface area contributed by atoms with Crippen molar-refractivity contribution in [3.05, 3.63) is 324 Å². The molecule has 8 aromatic carbocycles. The molecule has 4 fully saturated rings. The lowest BCUT2D eigenvalue weighted by Crippen LogP contribution is -2.39. The van der Waals surface area contributed by atoms with Gasteiger partial charge >= 0.3 is 0 Å². The van der Waals surface area contributed by atoms with Gasteiger partial charge in [0.05, 0.1) is 23.9 Å². The van der Waals surface area contributed by atoms with E-state index < -0.39 is 0 Å². The molecule has 0 spiro atoms. The Bertz CT molecular complexity index is 7370. The number of anilines is 8. The van der Waals surface area contributed by atoms with Gasteiger partial charge in [0.25, 0.3) is 44.5 Å². The molecule has 0 bridgehead atoms. The Hall–Kier alpha value is -13.6. The molecule has 29 nitrogen and oxygen atoms in total. The maximum Gasteiger partial charge on any atom is 0.258 e. The van der Waals surface area contributed by atoms with E-state index in [0.29, 0.717) is 10.4 Å². The van der Waals surface area contributed by atoms with Gasteiger partial charge in [0.1, 0.15) is 0 Å². The van der Waals surface area contributed by atoms with Crippen LogP contribution in [0.25, 0.3) is 86.2 Å². The average molecular weight is 2020 g/mol. The highest BCUT2D eigenvalue weighted by molar-refractivity contribution is 9.10. The standard InChI is InChI=1S/C17H23N3O.C16H21N3O2.C16H21N3O.C14H19N3O.C14H16N2O.C13H16N2O.C11H11BrN2O.C11H11ClN2O/c1-19-11-7-14-13-15(5-6-16(14)17(19)21)18-8-12-20-9-3-2-4-10-20;1-18-6-4-13-12-14(2-3-15(13)16(18)20)17-5-7-19-8-10-21-11-9-19;1-18-10-6-13-12-14(4-5-15(13)16(18)20)17-7-11-19-8-2-3-9-19;1-16(2)9-7-15-12-4-5-13-11(10-12)6-8-17(3)14(13)18;1-16-7-6-11-8-12(15-9-10-2-3-10)4-5-13(11)14(16)17;1-3-7-14-11-4-5-12-10(9-11)6-8-15(2)13(12)16;2*1-13-10-5-7-3-4-14(2)11(15)8(7)6-9(10)12/h5-7,11,13,18H,2-4,8-10,12H2,1H3;2-4,6,12,17H,5,7-11H2,1H3;4-6,10,12,17H,2-3,7-9,11H2,1H3;4-6,8,10,15H,7,9H2,1-3H3;4-8,10,15H,2-3,9H2,1H3;4-6,8-9,14H,3,7H2,1-2H3;2*3-6,13H,1-2H3. The number of hydrogen-bond donors (Lipinski definition) is 8. The summed E-state index contributed by atoms with van der Waals surface area (Å²) in [5.41, 5.74) is 8.62. The highest BCUT2D eigenvalue weighted by Crippen LogP contribution is 2.31. The van der Waals surface area contributed by atoms with Gasteiger partial charge in [-0.25, -0.2) is 0 Å². The minimum absolute atomic E-state index is 0.0239. The Morgan fingerprint density at radius 2 is 0.587 bits per heavy atom. The number of likely N-dealkylation sites (tertiary alicyclic amines) is 2. The number of likely N-dealkylation sites (N-methyl/N-ethyl adjacent to an activating group) is 1.